The van der Waals surface area contributed by atoms with Crippen molar-refractivity contribution in [1.29, 1.82) is 0 Å². The first-order valence-corrected chi connectivity index (χ1v) is 8.50. The van der Waals surface area contributed by atoms with Gasteiger partial charge in [0.15, 0.2) is 5.03 Å². The Morgan fingerprint density at radius 1 is 1.36 bits per heavy atom. The summed E-state index contributed by atoms with van der Waals surface area (Å²) in [5.41, 5.74) is 0.469. The van der Waals surface area contributed by atoms with Gasteiger partial charge < -0.3 is 4.74 Å². The molecule has 1 heterocycles. The van der Waals surface area contributed by atoms with Crippen LogP contribution in [0.15, 0.2) is 35.5 Å². The first kappa shape index (κ1) is 16.5. The molecular weight excluding hydrogens is 328 g/mol. The molecular formula is C14H15ClN2O4S. The molecule has 0 spiro atoms. The number of H-pyrrole nitrogens is 1. The van der Waals surface area contributed by atoms with E-state index in [1.807, 2.05) is 0 Å². The molecule has 1 atom stereocenters. The summed E-state index contributed by atoms with van der Waals surface area (Å²) in [7, 11) is -3.82. The van der Waals surface area contributed by atoms with Crippen molar-refractivity contribution in [2.24, 2.45) is 0 Å². The summed E-state index contributed by atoms with van der Waals surface area (Å²) in [4.78, 5) is 11.8. The van der Waals surface area contributed by atoms with Gasteiger partial charge in [0.2, 0.25) is 9.84 Å². The molecule has 1 aromatic carbocycles. The molecule has 6 nitrogen and oxygen atoms in total. The molecule has 0 radical (unpaired) electrons. The summed E-state index contributed by atoms with van der Waals surface area (Å²) in [6.45, 7) is 3.33. The molecule has 1 N–H and O–H groups in total. The summed E-state index contributed by atoms with van der Waals surface area (Å²) < 4.78 is 30.2. The minimum atomic E-state index is -3.82. The van der Waals surface area contributed by atoms with Crippen LogP contribution >= 0.6 is 11.6 Å². The van der Waals surface area contributed by atoms with E-state index < -0.39 is 21.1 Å². The van der Waals surface area contributed by atoms with Crippen LogP contribution in [0.5, 0.6) is 0 Å². The number of aromatic amines is 1. The summed E-state index contributed by atoms with van der Waals surface area (Å²) >= 11 is 5.80. The maximum absolute atomic E-state index is 12.7. The lowest BCUT2D eigenvalue weighted by Crippen LogP contribution is -2.16. The van der Waals surface area contributed by atoms with Gasteiger partial charge in [-0.25, -0.2) is 13.2 Å². The lowest BCUT2D eigenvalue weighted by Gasteiger charge is -2.13. The van der Waals surface area contributed by atoms with E-state index in [-0.39, 0.29) is 17.2 Å². The van der Waals surface area contributed by atoms with Crippen molar-refractivity contribution in [2.45, 2.75) is 24.1 Å². The monoisotopic (exact) mass is 342 g/mol. The number of esters is 1. The molecule has 0 saturated carbocycles. The zero-order chi connectivity index (χ0) is 16.3. The zero-order valence-corrected chi connectivity index (χ0v) is 13.6. The number of rotatable bonds is 5. The number of nitrogens with zero attached hydrogens (tertiary/aromatic N) is 1. The second-order valence-electron chi connectivity index (χ2n) is 4.57. The second kappa shape index (κ2) is 6.50. The molecule has 0 bridgehead atoms. The smallest absolute Gasteiger partial charge is 0.342 e. The number of nitrogens with one attached hydrogen (secondary N) is 1. The highest BCUT2D eigenvalue weighted by Gasteiger charge is 2.31. The third kappa shape index (κ3) is 3.15. The fraction of sp³-hybridized carbons (Fsp3) is 0.286. The normalized spacial score (nSPS) is 12.9. The van der Waals surface area contributed by atoms with E-state index in [1.54, 1.807) is 31.2 Å². The fourth-order valence-electron chi connectivity index (χ4n) is 1.94. The van der Waals surface area contributed by atoms with Gasteiger partial charge in [0, 0.05) is 5.02 Å². The number of halogens is 1. The third-order valence-electron chi connectivity index (χ3n) is 3.19. The Morgan fingerprint density at radius 2 is 2.00 bits per heavy atom. The van der Waals surface area contributed by atoms with E-state index in [4.69, 9.17) is 16.3 Å². The van der Waals surface area contributed by atoms with E-state index in [2.05, 4.69) is 10.2 Å². The van der Waals surface area contributed by atoms with Crippen molar-refractivity contribution in [3.8, 4) is 0 Å². The molecule has 0 aliphatic rings. The van der Waals surface area contributed by atoms with E-state index in [9.17, 15) is 13.2 Å². The van der Waals surface area contributed by atoms with Gasteiger partial charge in [0.1, 0.15) is 5.56 Å². The molecule has 0 aliphatic carbocycles. The van der Waals surface area contributed by atoms with Gasteiger partial charge in [-0.1, -0.05) is 23.7 Å². The van der Waals surface area contributed by atoms with Crippen LogP contribution in [0.25, 0.3) is 0 Å². The van der Waals surface area contributed by atoms with Gasteiger partial charge in [-0.2, -0.15) is 5.10 Å². The largest absolute Gasteiger partial charge is 0.462 e. The number of hydrogen-bond donors (Lipinski definition) is 1. The van der Waals surface area contributed by atoms with E-state index in [1.165, 1.54) is 6.92 Å². The number of carbonyl (C=O) groups is 1. The van der Waals surface area contributed by atoms with Crippen LogP contribution in [0.3, 0.4) is 0 Å². The maximum atomic E-state index is 12.7. The molecule has 22 heavy (non-hydrogen) atoms. The first-order chi connectivity index (χ1) is 10.4. The van der Waals surface area contributed by atoms with Crippen LogP contribution in [0.2, 0.25) is 5.02 Å². The number of carbonyl (C=O) groups excluding carboxylic acids is 1. The Bertz CT molecular complexity index is 768. The minimum absolute atomic E-state index is 0.0948. The van der Waals surface area contributed by atoms with Crippen molar-refractivity contribution >= 4 is 27.4 Å². The van der Waals surface area contributed by atoms with Crippen molar-refractivity contribution in [2.75, 3.05) is 6.61 Å². The number of hydrogen-bond acceptors (Lipinski definition) is 5. The van der Waals surface area contributed by atoms with E-state index >= 15 is 0 Å². The summed E-state index contributed by atoms with van der Waals surface area (Å²) in [5, 5.41) is 5.45. The fourth-order valence-corrected chi connectivity index (χ4v) is 3.55. The molecule has 118 valence electrons. The summed E-state index contributed by atoms with van der Waals surface area (Å²) in [6, 6.07) is 6.49. The summed E-state index contributed by atoms with van der Waals surface area (Å²) in [5.74, 6) is -0.724. The van der Waals surface area contributed by atoms with Gasteiger partial charge in [-0.3, -0.25) is 5.10 Å². The predicted octanol–water partition coefficient (Wildman–Crippen LogP) is 2.77. The number of sulfone groups is 1. The van der Waals surface area contributed by atoms with Crippen molar-refractivity contribution in [3.05, 3.63) is 46.6 Å². The van der Waals surface area contributed by atoms with Crippen LogP contribution in [-0.2, 0) is 14.6 Å². The number of ether oxygens (including phenoxy) is 1. The highest BCUT2D eigenvalue weighted by Crippen LogP contribution is 2.30. The molecule has 1 unspecified atom stereocenters. The van der Waals surface area contributed by atoms with Crippen LogP contribution in [0, 0.1) is 0 Å². The van der Waals surface area contributed by atoms with Crippen LogP contribution in [0.1, 0.15) is 35.0 Å². The molecule has 0 saturated heterocycles. The standard InChI is InChI=1S/C14H15ClN2O4S/c1-3-21-14(18)12-8-16-17-13(12)22(19,20)9(2)10-4-6-11(15)7-5-10/h4-9H,3H2,1-2H3,(H,16,17). The Balaban J connectivity index is 2.41. The molecule has 2 rings (SSSR count). The molecule has 0 aliphatic heterocycles. The van der Waals surface area contributed by atoms with Gasteiger partial charge in [-0.05, 0) is 31.5 Å². The van der Waals surface area contributed by atoms with Crippen molar-refractivity contribution < 1.29 is 17.9 Å². The lowest BCUT2D eigenvalue weighted by molar-refractivity contribution is 0.0522. The number of aromatic nitrogens is 2. The van der Waals surface area contributed by atoms with Gasteiger partial charge in [-0.15, -0.1) is 0 Å². The topological polar surface area (TPSA) is 89.1 Å². The highest BCUT2D eigenvalue weighted by atomic mass is 35.5. The van der Waals surface area contributed by atoms with Crippen molar-refractivity contribution in [1.82, 2.24) is 10.2 Å². The molecule has 1 aromatic heterocycles. The minimum Gasteiger partial charge on any atom is -0.462 e. The van der Waals surface area contributed by atoms with Crippen LogP contribution < -0.4 is 0 Å². The molecule has 8 heteroatoms. The van der Waals surface area contributed by atoms with Crippen LogP contribution in [-0.4, -0.2) is 31.2 Å². The molecule has 0 fully saturated rings. The predicted molar refractivity (Wildman–Crippen MR) is 81.6 cm³/mol. The first-order valence-electron chi connectivity index (χ1n) is 6.57. The Hall–Kier alpha value is -1.86. The average molecular weight is 343 g/mol. The SMILES string of the molecule is CCOC(=O)c1cn[nH]c1S(=O)(=O)C(C)c1ccc(Cl)cc1. The van der Waals surface area contributed by atoms with E-state index in [0.717, 1.165) is 6.20 Å². The van der Waals surface area contributed by atoms with Gasteiger partial charge in [0.25, 0.3) is 0 Å². The molecule has 0 amide bonds. The Morgan fingerprint density at radius 3 is 2.59 bits per heavy atom. The summed E-state index contributed by atoms with van der Waals surface area (Å²) in [6.07, 6.45) is 1.15. The average Bonchev–Trinajstić information content (AvgIpc) is 2.98. The quantitative estimate of drug-likeness (QED) is 0.844. The Kier molecular flexibility index (Phi) is 4.87. The lowest BCUT2D eigenvalue weighted by atomic mass is 10.2. The Labute approximate surface area is 133 Å². The second-order valence-corrected chi connectivity index (χ2v) is 7.21. The third-order valence-corrected chi connectivity index (χ3v) is 5.52. The van der Waals surface area contributed by atoms with Gasteiger partial charge >= 0.3 is 5.97 Å². The van der Waals surface area contributed by atoms with Crippen LogP contribution in [0.4, 0.5) is 0 Å². The van der Waals surface area contributed by atoms with Crippen molar-refractivity contribution in [3.63, 3.8) is 0 Å². The highest BCUT2D eigenvalue weighted by molar-refractivity contribution is 7.91. The zero-order valence-electron chi connectivity index (χ0n) is 12.0. The maximum Gasteiger partial charge on any atom is 0.342 e. The van der Waals surface area contributed by atoms with Gasteiger partial charge in [0.05, 0.1) is 18.1 Å². The molecule has 2 aromatic rings. The van der Waals surface area contributed by atoms with E-state index in [0.29, 0.717) is 10.6 Å². The number of benzene rings is 1.